The summed E-state index contributed by atoms with van der Waals surface area (Å²) in [6, 6.07) is 13.2. The zero-order valence-corrected chi connectivity index (χ0v) is 14.3. The van der Waals surface area contributed by atoms with E-state index in [1.165, 1.54) is 13.0 Å². The molecule has 0 N–H and O–H groups in total. The maximum atomic E-state index is 12.0. The number of nitro groups is 1. The topological polar surface area (TPSA) is 94.3 Å². The van der Waals surface area contributed by atoms with Crippen molar-refractivity contribution in [2.75, 3.05) is 6.61 Å². The first kappa shape index (κ1) is 17.4. The first-order valence-electron chi connectivity index (χ1n) is 8.03. The Bertz CT molecular complexity index is 881. The van der Waals surface area contributed by atoms with E-state index in [1.54, 1.807) is 36.4 Å². The molecular weight excluding hydrogens is 338 g/mol. The molecule has 0 aromatic heterocycles. The minimum atomic E-state index is -1.02. The van der Waals surface area contributed by atoms with Crippen LogP contribution in [-0.2, 0) is 9.53 Å². The average molecular weight is 355 g/mol. The maximum Gasteiger partial charge on any atom is 0.278 e. The molecule has 2 aromatic carbocycles. The van der Waals surface area contributed by atoms with Gasteiger partial charge in [-0.25, -0.2) is 0 Å². The highest BCUT2D eigenvalue weighted by Gasteiger charge is 2.37. The van der Waals surface area contributed by atoms with Gasteiger partial charge in [-0.2, -0.15) is 5.01 Å². The van der Waals surface area contributed by atoms with Crippen molar-refractivity contribution in [3.05, 3.63) is 69.8 Å². The summed E-state index contributed by atoms with van der Waals surface area (Å²) < 4.78 is 11.4. The molecule has 0 spiro atoms. The molecule has 0 radical (unpaired) electrons. The number of nitro benzene ring substituents is 1. The van der Waals surface area contributed by atoms with Crippen LogP contribution in [0.5, 0.6) is 5.75 Å². The third-order valence-electron chi connectivity index (χ3n) is 3.78. The van der Waals surface area contributed by atoms with Crippen molar-refractivity contribution in [1.82, 2.24) is 5.01 Å². The van der Waals surface area contributed by atoms with Crippen LogP contribution in [0.15, 0.2) is 53.6 Å². The second kappa shape index (κ2) is 7.22. The highest BCUT2D eigenvalue weighted by Crippen LogP contribution is 2.36. The Balaban J connectivity index is 2.03. The number of amides is 1. The molecule has 3 rings (SSSR count). The van der Waals surface area contributed by atoms with Crippen molar-refractivity contribution in [2.45, 2.75) is 20.1 Å². The molecule has 0 aliphatic carbocycles. The van der Waals surface area contributed by atoms with Crippen molar-refractivity contribution in [3.8, 4) is 5.75 Å². The summed E-state index contributed by atoms with van der Waals surface area (Å²) in [7, 11) is 0. The molecule has 1 aliphatic rings. The van der Waals surface area contributed by atoms with Crippen molar-refractivity contribution in [1.29, 1.82) is 0 Å². The number of para-hydroxylation sites is 2. The van der Waals surface area contributed by atoms with Crippen molar-refractivity contribution in [2.24, 2.45) is 5.10 Å². The number of nitrogens with zero attached hydrogens (tertiary/aromatic N) is 3. The van der Waals surface area contributed by atoms with Crippen LogP contribution in [0.2, 0.25) is 0 Å². The minimum Gasteiger partial charge on any atom is -0.493 e. The van der Waals surface area contributed by atoms with Gasteiger partial charge in [0.05, 0.1) is 22.7 Å². The number of benzene rings is 2. The Morgan fingerprint density at radius 2 is 1.96 bits per heavy atom. The van der Waals surface area contributed by atoms with Crippen molar-refractivity contribution in [3.63, 3.8) is 0 Å². The van der Waals surface area contributed by atoms with Gasteiger partial charge in [-0.05, 0) is 25.1 Å². The number of carbonyl (C=O) groups is 1. The summed E-state index contributed by atoms with van der Waals surface area (Å²) >= 11 is 0. The van der Waals surface area contributed by atoms with E-state index >= 15 is 0 Å². The third kappa shape index (κ3) is 3.21. The Kier molecular flexibility index (Phi) is 4.83. The fourth-order valence-corrected chi connectivity index (χ4v) is 2.66. The van der Waals surface area contributed by atoms with Crippen molar-refractivity contribution < 1.29 is 19.2 Å². The molecule has 8 nitrogen and oxygen atoms in total. The largest absolute Gasteiger partial charge is 0.493 e. The molecular formula is C18H17N3O5. The molecule has 0 saturated carbocycles. The number of ether oxygens (including phenoxy) is 2. The fourth-order valence-electron chi connectivity index (χ4n) is 2.66. The SMILES string of the molecule is CCOc1ccccc1C1=NN(C(C)=O)[C@H](c2ccccc2[N+](=O)[O-])O1. The number of rotatable bonds is 5. The molecule has 1 heterocycles. The summed E-state index contributed by atoms with van der Waals surface area (Å²) in [5.41, 5.74) is 0.681. The molecule has 134 valence electrons. The second-order valence-corrected chi connectivity index (χ2v) is 5.48. The minimum absolute atomic E-state index is 0.140. The Hall–Kier alpha value is -3.42. The predicted molar refractivity (Wildman–Crippen MR) is 93.6 cm³/mol. The van der Waals surface area contributed by atoms with Gasteiger partial charge in [0.25, 0.3) is 5.69 Å². The van der Waals surface area contributed by atoms with Crippen LogP contribution in [0.1, 0.15) is 31.2 Å². The Morgan fingerprint density at radius 3 is 2.65 bits per heavy atom. The average Bonchev–Trinajstić information content (AvgIpc) is 3.08. The molecule has 1 atom stereocenters. The van der Waals surface area contributed by atoms with Gasteiger partial charge in [0.15, 0.2) is 0 Å². The van der Waals surface area contributed by atoms with Gasteiger partial charge >= 0.3 is 0 Å². The van der Waals surface area contributed by atoms with E-state index in [4.69, 9.17) is 9.47 Å². The van der Waals surface area contributed by atoms with E-state index in [9.17, 15) is 14.9 Å². The predicted octanol–water partition coefficient (Wildman–Crippen LogP) is 3.23. The van der Waals surface area contributed by atoms with Crippen LogP contribution in [0.4, 0.5) is 5.69 Å². The van der Waals surface area contributed by atoms with Gasteiger partial charge in [0.1, 0.15) is 5.75 Å². The molecule has 8 heteroatoms. The zero-order valence-electron chi connectivity index (χ0n) is 14.3. The molecule has 0 saturated heterocycles. The first-order chi connectivity index (χ1) is 12.5. The molecule has 1 aliphatic heterocycles. The van der Waals surface area contributed by atoms with Crippen LogP contribution in [-0.4, -0.2) is 28.3 Å². The maximum absolute atomic E-state index is 12.0. The van der Waals surface area contributed by atoms with Gasteiger partial charge in [-0.3, -0.25) is 14.9 Å². The lowest BCUT2D eigenvalue weighted by atomic mass is 10.1. The fraction of sp³-hybridized carbons (Fsp3) is 0.222. The normalized spacial score (nSPS) is 16.0. The molecule has 0 fully saturated rings. The van der Waals surface area contributed by atoms with Crippen LogP contribution in [0.3, 0.4) is 0 Å². The monoisotopic (exact) mass is 355 g/mol. The Labute approximate surface area is 149 Å². The summed E-state index contributed by atoms with van der Waals surface area (Å²) in [5.74, 6) is 0.338. The van der Waals surface area contributed by atoms with Crippen molar-refractivity contribution >= 4 is 17.5 Å². The van der Waals surface area contributed by atoms with Gasteiger partial charge in [0, 0.05) is 13.0 Å². The van der Waals surface area contributed by atoms with Crippen LogP contribution in [0.25, 0.3) is 0 Å². The van der Waals surface area contributed by atoms with Gasteiger partial charge in [-0.15, -0.1) is 5.10 Å². The molecule has 0 unspecified atom stereocenters. The summed E-state index contributed by atoms with van der Waals surface area (Å²) in [6.45, 7) is 3.63. The number of hydrogen-bond donors (Lipinski definition) is 0. The number of carbonyl (C=O) groups excluding carboxylic acids is 1. The zero-order chi connectivity index (χ0) is 18.7. The Morgan fingerprint density at radius 1 is 1.27 bits per heavy atom. The van der Waals surface area contributed by atoms with E-state index in [2.05, 4.69) is 5.10 Å². The van der Waals surface area contributed by atoms with Gasteiger partial charge in [0.2, 0.25) is 18.0 Å². The lowest BCUT2D eigenvalue weighted by Gasteiger charge is -2.19. The second-order valence-electron chi connectivity index (χ2n) is 5.48. The summed E-state index contributed by atoms with van der Waals surface area (Å²) in [4.78, 5) is 22.9. The molecule has 1 amide bonds. The molecule has 26 heavy (non-hydrogen) atoms. The standard InChI is InChI=1S/C18H17N3O5/c1-3-25-16-11-7-5-9-14(16)17-19-20(12(2)22)18(26-17)13-8-4-6-10-15(13)21(23)24/h4-11,18H,3H2,1-2H3/t18-/m0/s1. The van der Waals surface area contributed by atoms with Gasteiger partial charge < -0.3 is 9.47 Å². The van der Waals surface area contributed by atoms with Gasteiger partial charge in [-0.1, -0.05) is 24.3 Å². The highest BCUT2D eigenvalue weighted by atomic mass is 16.6. The summed E-state index contributed by atoms with van der Waals surface area (Å²) in [5, 5.41) is 16.7. The molecule has 2 aromatic rings. The summed E-state index contributed by atoms with van der Waals surface area (Å²) in [6.07, 6.45) is -1.02. The smallest absolute Gasteiger partial charge is 0.278 e. The first-order valence-corrected chi connectivity index (χ1v) is 8.03. The van der Waals surface area contributed by atoms with E-state index < -0.39 is 17.1 Å². The number of hydrogen-bond acceptors (Lipinski definition) is 6. The quantitative estimate of drug-likeness (QED) is 0.606. The highest BCUT2D eigenvalue weighted by molar-refractivity contribution is 5.98. The van der Waals surface area contributed by atoms with E-state index in [-0.39, 0.29) is 17.1 Å². The van der Waals surface area contributed by atoms with E-state index in [0.29, 0.717) is 17.9 Å². The van der Waals surface area contributed by atoms with E-state index in [0.717, 1.165) is 5.01 Å². The van der Waals surface area contributed by atoms with Crippen LogP contribution in [0, 0.1) is 10.1 Å². The van der Waals surface area contributed by atoms with E-state index in [1.807, 2.05) is 13.0 Å². The lowest BCUT2D eigenvalue weighted by molar-refractivity contribution is -0.386. The molecule has 0 bridgehead atoms. The lowest BCUT2D eigenvalue weighted by Crippen LogP contribution is -2.25. The number of hydrazone groups is 1. The van der Waals surface area contributed by atoms with Crippen LogP contribution >= 0.6 is 0 Å². The third-order valence-corrected chi connectivity index (χ3v) is 3.78. The van der Waals surface area contributed by atoms with Crippen LogP contribution < -0.4 is 4.74 Å².